The molecule has 1 aromatic carbocycles. The molecule has 0 spiro atoms. The predicted octanol–water partition coefficient (Wildman–Crippen LogP) is 2.90. The van der Waals surface area contributed by atoms with Crippen LogP contribution in [0.15, 0.2) is 30.3 Å². The zero-order valence-corrected chi connectivity index (χ0v) is 8.62. The molecule has 0 saturated carbocycles. The monoisotopic (exact) mass is 232 g/mol. The van der Waals surface area contributed by atoms with E-state index in [0.717, 1.165) is 0 Å². The molecule has 0 bridgehead atoms. The lowest BCUT2D eigenvalue weighted by Crippen LogP contribution is -2.30. The molecule has 0 saturated heterocycles. The number of carbonyl (C=O) groups excluding carboxylic acids is 1. The van der Waals surface area contributed by atoms with Gasteiger partial charge in [0.1, 0.15) is 0 Å². The Morgan fingerprint density at radius 1 is 1.31 bits per heavy atom. The van der Waals surface area contributed by atoms with Crippen LogP contribution >= 0.6 is 0 Å². The highest BCUT2D eigenvalue weighted by Gasteiger charge is 2.46. The van der Waals surface area contributed by atoms with Gasteiger partial charge < -0.3 is 4.74 Å². The molecule has 0 fully saturated rings. The lowest BCUT2D eigenvalue weighted by Gasteiger charge is -2.18. The van der Waals surface area contributed by atoms with Gasteiger partial charge in [0, 0.05) is 0 Å². The van der Waals surface area contributed by atoms with Crippen molar-refractivity contribution in [2.75, 3.05) is 6.61 Å². The number of halogens is 3. The van der Waals surface area contributed by atoms with E-state index in [1.54, 1.807) is 6.07 Å². The SMILES string of the molecule is CCOC(=O)[C@@H](c1ccccc1)C(F)(F)F. The van der Waals surface area contributed by atoms with E-state index < -0.39 is 18.1 Å². The van der Waals surface area contributed by atoms with Gasteiger partial charge in [0.15, 0.2) is 5.92 Å². The summed E-state index contributed by atoms with van der Waals surface area (Å²) in [5.74, 6) is -3.46. The topological polar surface area (TPSA) is 26.3 Å². The average Bonchev–Trinajstić information content (AvgIpc) is 2.17. The minimum atomic E-state index is -4.63. The number of rotatable bonds is 3. The molecule has 0 aliphatic heterocycles. The van der Waals surface area contributed by atoms with E-state index in [1.807, 2.05) is 0 Å². The zero-order chi connectivity index (χ0) is 12.2. The van der Waals surface area contributed by atoms with E-state index in [2.05, 4.69) is 4.74 Å². The van der Waals surface area contributed by atoms with Crippen molar-refractivity contribution in [1.82, 2.24) is 0 Å². The standard InChI is InChI=1S/C11H11F3O2/c1-2-16-10(15)9(11(12,13)14)8-6-4-3-5-7-8/h3-7,9H,2H2,1H3/t9-/m1/s1. The van der Waals surface area contributed by atoms with E-state index >= 15 is 0 Å². The maximum absolute atomic E-state index is 12.7. The summed E-state index contributed by atoms with van der Waals surface area (Å²) in [6, 6.07) is 7.01. The average molecular weight is 232 g/mol. The molecule has 0 aliphatic carbocycles. The Morgan fingerprint density at radius 3 is 2.31 bits per heavy atom. The summed E-state index contributed by atoms with van der Waals surface area (Å²) in [4.78, 5) is 11.2. The van der Waals surface area contributed by atoms with E-state index in [0.29, 0.717) is 0 Å². The van der Waals surface area contributed by atoms with Crippen LogP contribution in [-0.2, 0) is 9.53 Å². The van der Waals surface area contributed by atoms with Crippen LogP contribution in [0.4, 0.5) is 13.2 Å². The van der Waals surface area contributed by atoms with Crippen LogP contribution in [0, 0.1) is 0 Å². The van der Waals surface area contributed by atoms with Gasteiger partial charge in [-0.2, -0.15) is 13.2 Å². The van der Waals surface area contributed by atoms with Crippen molar-refractivity contribution in [3.63, 3.8) is 0 Å². The van der Waals surface area contributed by atoms with Crippen LogP contribution in [0.1, 0.15) is 18.4 Å². The van der Waals surface area contributed by atoms with E-state index in [-0.39, 0.29) is 12.2 Å². The molecule has 0 radical (unpaired) electrons. The molecular formula is C11H11F3O2. The largest absolute Gasteiger partial charge is 0.465 e. The first kappa shape index (κ1) is 12.5. The van der Waals surface area contributed by atoms with E-state index in [1.165, 1.54) is 31.2 Å². The van der Waals surface area contributed by atoms with Crippen LogP contribution in [0.25, 0.3) is 0 Å². The molecule has 1 aromatic rings. The molecule has 5 heteroatoms. The van der Waals surface area contributed by atoms with Crippen molar-refractivity contribution in [2.24, 2.45) is 0 Å². The van der Waals surface area contributed by atoms with Crippen LogP contribution in [0.2, 0.25) is 0 Å². The van der Waals surface area contributed by atoms with Crippen molar-refractivity contribution >= 4 is 5.97 Å². The molecule has 0 aromatic heterocycles. The number of benzene rings is 1. The number of hydrogen-bond donors (Lipinski definition) is 0. The van der Waals surface area contributed by atoms with Gasteiger partial charge >= 0.3 is 12.1 Å². The summed E-state index contributed by atoms with van der Waals surface area (Å²) in [5, 5.41) is 0. The summed E-state index contributed by atoms with van der Waals surface area (Å²) in [6.07, 6.45) is -4.63. The fourth-order valence-electron chi connectivity index (χ4n) is 1.33. The first-order valence-electron chi connectivity index (χ1n) is 4.75. The second kappa shape index (κ2) is 5.01. The van der Waals surface area contributed by atoms with E-state index in [9.17, 15) is 18.0 Å². The van der Waals surface area contributed by atoms with Gasteiger partial charge in [-0.15, -0.1) is 0 Å². The maximum atomic E-state index is 12.7. The quantitative estimate of drug-likeness (QED) is 0.749. The lowest BCUT2D eigenvalue weighted by atomic mass is 9.99. The summed E-state index contributed by atoms with van der Waals surface area (Å²) in [5.41, 5.74) is -0.103. The maximum Gasteiger partial charge on any atom is 0.406 e. The highest BCUT2D eigenvalue weighted by atomic mass is 19.4. The molecule has 0 heterocycles. The third-order valence-electron chi connectivity index (χ3n) is 1.98. The van der Waals surface area contributed by atoms with Crippen LogP contribution < -0.4 is 0 Å². The van der Waals surface area contributed by atoms with Gasteiger partial charge in [-0.3, -0.25) is 4.79 Å². The molecule has 0 unspecified atom stereocenters. The molecule has 0 aliphatic rings. The minimum absolute atomic E-state index is 0.0712. The van der Waals surface area contributed by atoms with Gasteiger partial charge in [-0.25, -0.2) is 0 Å². The zero-order valence-electron chi connectivity index (χ0n) is 8.62. The number of ether oxygens (including phenoxy) is 1. The van der Waals surface area contributed by atoms with Gasteiger partial charge in [-0.1, -0.05) is 30.3 Å². The summed E-state index contributed by atoms with van der Waals surface area (Å²) < 4.78 is 42.5. The fraction of sp³-hybridized carbons (Fsp3) is 0.364. The molecule has 16 heavy (non-hydrogen) atoms. The molecule has 0 N–H and O–H groups in total. The third-order valence-corrected chi connectivity index (χ3v) is 1.98. The van der Waals surface area contributed by atoms with Gasteiger partial charge in [-0.05, 0) is 12.5 Å². The van der Waals surface area contributed by atoms with Gasteiger partial charge in [0.25, 0.3) is 0 Å². The Balaban J connectivity index is 3.02. The first-order valence-corrected chi connectivity index (χ1v) is 4.75. The second-order valence-electron chi connectivity index (χ2n) is 3.14. The van der Waals surface area contributed by atoms with Crippen LogP contribution in [-0.4, -0.2) is 18.8 Å². The van der Waals surface area contributed by atoms with Crippen LogP contribution in [0.3, 0.4) is 0 Å². The predicted molar refractivity (Wildman–Crippen MR) is 51.9 cm³/mol. The first-order chi connectivity index (χ1) is 7.46. The molecule has 1 atom stereocenters. The van der Waals surface area contributed by atoms with Crippen molar-refractivity contribution < 1.29 is 22.7 Å². The van der Waals surface area contributed by atoms with Crippen LogP contribution in [0.5, 0.6) is 0 Å². The summed E-state index contributed by atoms with van der Waals surface area (Å²) >= 11 is 0. The molecule has 2 nitrogen and oxygen atoms in total. The minimum Gasteiger partial charge on any atom is -0.465 e. The highest BCUT2D eigenvalue weighted by molar-refractivity contribution is 5.79. The van der Waals surface area contributed by atoms with Gasteiger partial charge in [0.05, 0.1) is 6.61 Å². The molecule has 0 amide bonds. The molecular weight excluding hydrogens is 221 g/mol. The third kappa shape index (κ3) is 2.98. The Bertz CT molecular complexity index is 346. The lowest BCUT2D eigenvalue weighted by molar-refractivity contribution is -0.180. The molecule has 88 valence electrons. The van der Waals surface area contributed by atoms with Crippen molar-refractivity contribution in [3.8, 4) is 0 Å². The number of alkyl halides is 3. The van der Waals surface area contributed by atoms with Crippen molar-refractivity contribution in [1.29, 1.82) is 0 Å². The van der Waals surface area contributed by atoms with Crippen molar-refractivity contribution in [3.05, 3.63) is 35.9 Å². The van der Waals surface area contributed by atoms with Gasteiger partial charge in [0.2, 0.25) is 0 Å². The number of hydrogen-bond acceptors (Lipinski definition) is 2. The molecule has 1 rings (SSSR count). The Morgan fingerprint density at radius 2 is 1.88 bits per heavy atom. The van der Waals surface area contributed by atoms with Crippen molar-refractivity contribution in [2.45, 2.75) is 19.0 Å². The highest BCUT2D eigenvalue weighted by Crippen LogP contribution is 2.35. The Hall–Kier alpha value is -1.52. The summed E-state index contributed by atoms with van der Waals surface area (Å²) in [7, 11) is 0. The second-order valence-corrected chi connectivity index (χ2v) is 3.14. The Labute approximate surface area is 91.0 Å². The number of carbonyl (C=O) groups is 1. The van der Waals surface area contributed by atoms with E-state index in [4.69, 9.17) is 0 Å². The fourth-order valence-corrected chi connectivity index (χ4v) is 1.33. The normalized spacial score (nSPS) is 13.2. The Kier molecular flexibility index (Phi) is 3.93. The smallest absolute Gasteiger partial charge is 0.406 e. The number of esters is 1. The summed E-state index contributed by atoms with van der Waals surface area (Å²) in [6.45, 7) is 1.40.